The first kappa shape index (κ1) is 13.1. The Morgan fingerprint density at radius 1 is 1.43 bits per heavy atom. The predicted octanol–water partition coefficient (Wildman–Crippen LogP) is 2.54. The van der Waals surface area contributed by atoms with Gasteiger partial charge >= 0.3 is 0 Å². The van der Waals surface area contributed by atoms with Gasteiger partial charge in [0.2, 0.25) is 0 Å². The minimum atomic E-state index is -0.110. The molecule has 1 saturated carbocycles. The molecular formula is C16H16BrN3O. The molecule has 5 heteroatoms. The normalized spacial score (nSPS) is 25.3. The molecule has 0 radical (unpaired) electrons. The van der Waals surface area contributed by atoms with Crippen molar-refractivity contribution in [2.45, 2.75) is 12.3 Å². The number of aryl methyl sites for hydroxylation is 1. The maximum absolute atomic E-state index is 11.8. The van der Waals surface area contributed by atoms with Crippen LogP contribution >= 0.6 is 15.9 Å². The van der Waals surface area contributed by atoms with Crippen LogP contribution in [0.2, 0.25) is 0 Å². The van der Waals surface area contributed by atoms with Crippen molar-refractivity contribution >= 4 is 21.6 Å². The number of hydrogen-bond acceptors (Lipinski definition) is 3. The first-order valence-corrected chi connectivity index (χ1v) is 7.99. The van der Waals surface area contributed by atoms with Crippen molar-refractivity contribution in [2.24, 2.45) is 18.9 Å². The van der Waals surface area contributed by atoms with Crippen LogP contribution < -0.4 is 10.9 Å². The molecule has 0 bridgehead atoms. The highest BCUT2D eigenvalue weighted by atomic mass is 79.9. The van der Waals surface area contributed by atoms with Crippen LogP contribution in [0.5, 0.6) is 0 Å². The standard InChI is InChI=1S/C16H16BrN3O/c1-20-16(21)15(17)13(8-19-20)18-7-12-11-6-9-4-2-3-5-10(9)14(11)12/h2-5,8,11-12,14,18H,6-7H2,1H3. The first-order chi connectivity index (χ1) is 10.2. The first-order valence-electron chi connectivity index (χ1n) is 7.20. The molecule has 1 N–H and O–H groups in total. The van der Waals surface area contributed by atoms with E-state index in [9.17, 15) is 4.79 Å². The molecule has 0 saturated heterocycles. The highest BCUT2D eigenvalue weighted by Gasteiger charge is 2.54. The summed E-state index contributed by atoms with van der Waals surface area (Å²) in [5.41, 5.74) is 3.72. The zero-order valence-electron chi connectivity index (χ0n) is 11.7. The lowest BCUT2D eigenvalue weighted by molar-refractivity contribution is 0.696. The molecule has 2 aromatic rings. The highest BCUT2D eigenvalue weighted by molar-refractivity contribution is 9.10. The fourth-order valence-electron chi connectivity index (χ4n) is 3.62. The fourth-order valence-corrected chi connectivity index (χ4v) is 4.12. The third-order valence-electron chi connectivity index (χ3n) is 4.81. The number of nitrogens with zero attached hydrogens (tertiary/aromatic N) is 2. The van der Waals surface area contributed by atoms with E-state index >= 15 is 0 Å². The van der Waals surface area contributed by atoms with Crippen LogP contribution in [0.3, 0.4) is 0 Å². The summed E-state index contributed by atoms with van der Waals surface area (Å²) in [6.45, 7) is 0.900. The Hall–Kier alpha value is -1.62. The Balaban J connectivity index is 1.47. The van der Waals surface area contributed by atoms with E-state index in [0.717, 1.165) is 18.2 Å². The van der Waals surface area contributed by atoms with Crippen molar-refractivity contribution in [3.63, 3.8) is 0 Å². The molecule has 1 aromatic carbocycles. The Morgan fingerprint density at radius 3 is 3.10 bits per heavy atom. The molecule has 21 heavy (non-hydrogen) atoms. The number of hydrogen-bond donors (Lipinski definition) is 1. The van der Waals surface area contributed by atoms with Gasteiger partial charge in [0.05, 0.1) is 11.9 Å². The smallest absolute Gasteiger partial charge is 0.282 e. The van der Waals surface area contributed by atoms with Crippen LogP contribution in [0, 0.1) is 11.8 Å². The highest BCUT2D eigenvalue weighted by Crippen LogP contribution is 2.61. The third-order valence-corrected chi connectivity index (χ3v) is 5.57. The monoisotopic (exact) mass is 345 g/mol. The molecule has 0 aliphatic heterocycles. The lowest BCUT2D eigenvalue weighted by atomic mass is 10.0. The number of aromatic nitrogens is 2. The minimum absolute atomic E-state index is 0.110. The van der Waals surface area contributed by atoms with Gasteiger partial charge in [-0.2, -0.15) is 5.10 Å². The van der Waals surface area contributed by atoms with E-state index < -0.39 is 0 Å². The molecule has 3 atom stereocenters. The summed E-state index contributed by atoms with van der Waals surface area (Å²) >= 11 is 3.35. The largest absolute Gasteiger partial charge is 0.382 e. The Morgan fingerprint density at radius 2 is 2.24 bits per heavy atom. The third kappa shape index (κ3) is 2.02. The number of rotatable bonds is 3. The van der Waals surface area contributed by atoms with Gasteiger partial charge in [0.1, 0.15) is 4.47 Å². The zero-order valence-corrected chi connectivity index (χ0v) is 13.3. The molecule has 0 spiro atoms. The second kappa shape index (κ2) is 4.70. The Kier molecular flexibility index (Phi) is 2.92. The van der Waals surface area contributed by atoms with Gasteiger partial charge < -0.3 is 5.32 Å². The van der Waals surface area contributed by atoms with Crippen molar-refractivity contribution in [2.75, 3.05) is 11.9 Å². The van der Waals surface area contributed by atoms with E-state index in [4.69, 9.17) is 0 Å². The second-order valence-corrected chi connectivity index (χ2v) is 6.73. The van der Waals surface area contributed by atoms with E-state index in [1.54, 1.807) is 13.2 Å². The Bertz CT molecular complexity index is 770. The average Bonchev–Trinajstić information content (AvgIpc) is 3.02. The molecule has 1 heterocycles. The summed E-state index contributed by atoms with van der Waals surface area (Å²) in [6.07, 6.45) is 2.90. The lowest BCUT2D eigenvalue weighted by Crippen LogP contribution is -2.22. The number of nitrogens with one attached hydrogen (secondary N) is 1. The molecule has 108 valence electrons. The molecular weight excluding hydrogens is 330 g/mol. The number of anilines is 1. The van der Waals surface area contributed by atoms with Gasteiger partial charge in [0.15, 0.2) is 0 Å². The van der Waals surface area contributed by atoms with Gasteiger partial charge in [-0.05, 0) is 51.2 Å². The van der Waals surface area contributed by atoms with Crippen molar-refractivity contribution in [1.82, 2.24) is 9.78 Å². The molecule has 2 aliphatic rings. The van der Waals surface area contributed by atoms with Gasteiger partial charge in [-0.1, -0.05) is 24.3 Å². The Labute approximate surface area is 131 Å². The van der Waals surface area contributed by atoms with E-state index in [0.29, 0.717) is 16.3 Å². The van der Waals surface area contributed by atoms with Crippen LogP contribution in [0.15, 0.2) is 39.7 Å². The summed E-state index contributed by atoms with van der Waals surface area (Å²) in [7, 11) is 1.65. The van der Waals surface area contributed by atoms with Gasteiger partial charge in [-0.15, -0.1) is 0 Å². The van der Waals surface area contributed by atoms with Crippen LogP contribution in [0.4, 0.5) is 5.69 Å². The van der Waals surface area contributed by atoms with Gasteiger partial charge in [0.25, 0.3) is 5.56 Å². The van der Waals surface area contributed by atoms with Crippen LogP contribution in [0.25, 0.3) is 0 Å². The van der Waals surface area contributed by atoms with E-state index in [-0.39, 0.29) is 5.56 Å². The van der Waals surface area contributed by atoms with Crippen molar-refractivity contribution in [3.8, 4) is 0 Å². The molecule has 4 nitrogen and oxygen atoms in total. The van der Waals surface area contributed by atoms with Crippen molar-refractivity contribution in [3.05, 3.63) is 56.4 Å². The summed E-state index contributed by atoms with van der Waals surface area (Å²) in [5.74, 6) is 2.15. The van der Waals surface area contributed by atoms with Gasteiger partial charge in [-0.3, -0.25) is 4.79 Å². The van der Waals surface area contributed by atoms with Crippen LogP contribution in [0.1, 0.15) is 17.0 Å². The van der Waals surface area contributed by atoms with Crippen molar-refractivity contribution < 1.29 is 0 Å². The number of halogens is 1. The summed E-state index contributed by atoms with van der Waals surface area (Å²) in [4.78, 5) is 11.8. The molecule has 1 fully saturated rings. The summed E-state index contributed by atoms with van der Waals surface area (Å²) < 4.78 is 1.89. The second-order valence-electron chi connectivity index (χ2n) is 5.94. The van der Waals surface area contributed by atoms with Gasteiger partial charge in [0, 0.05) is 13.6 Å². The summed E-state index contributed by atoms with van der Waals surface area (Å²) in [5, 5.41) is 7.44. The van der Waals surface area contributed by atoms with E-state index in [1.807, 2.05) is 0 Å². The predicted molar refractivity (Wildman–Crippen MR) is 85.5 cm³/mol. The SMILES string of the molecule is Cn1ncc(NCC2C3Cc4ccccc4C23)c(Br)c1=O. The summed E-state index contributed by atoms with van der Waals surface area (Å²) in [6, 6.07) is 8.76. The molecule has 0 amide bonds. The molecule has 2 aliphatic carbocycles. The topological polar surface area (TPSA) is 46.9 Å². The maximum atomic E-state index is 11.8. The minimum Gasteiger partial charge on any atom is -0.382 e. The van der Waals surface area contributed by atoms with E-state index in [1.165, 1.54) is 22.2 Å². The average molecular weight is 346 g/mol. The van der Waals surface area contributed by atoms with Crippen LogP contribution in [-0.2, 0) is 13.5 Å². The zero-order chi connectivity index (χ0) is 14.6. The molecule has 3 unspecified atom stereocenters. The lowest BCUT2D eigenvalue weighted by Gasteiger charge is -2.11. The quantitative estimate of drug-likeness (QED) is 0.929. The number of fused-ring (bicyclic) bond motifs is 3. The molecule has 4 rings (SSSR count). The van der Waals surface area contributed by atoms with E-state index in [2.05, 4.69) is 50.6 Å². The maximum Gasteiger partial charge on any atom is 0.282 e. The fraction of sp³-hybridized carbons (Fsp3) is 0.375. The molecule has 1 aromatic heterocycles. The van der Waals surface area contributed by atoms with Crippen LogP contribution in [-0.4, -0.2) is 16.3 Å². The number of benzene rings is 1. The van der Waals surface area contributed by atoms with Gasteiger partial charge in [-0.25, -0.2) is 4.68 Å². The van der Waals surface area contributed by atoms with Crippen molar-refractivity contribution in [1.29, 1.82) is 0 Å².